The molecule has 5 heteroatoms. The van der Waals surface area contributed by atoms with E-state index in [0.717, 1.165) is 6.07 Å². The molecule has 1 atom stereocenters. The summed E-state index contributed by atoms with van der Waals surface area (Å²) in [4.78, 5) is 0. The molecule has 4 nitrogen and oxygen atoms in total. The molecule has 0 saturated heterocycles. The van der Waals surface area contributed by atoms with Crippen LogP contribution in [0.4, 0.5) is 4.39 Å². The molecular formula is C9H12FNO3. The van der Waals surface area contributed by atoms with E-state index < -0.39 is 23.4 Å². The number of ether oxygens (including phenoxy) is 1. The Balaban J connectivity index is 3.45. The summed E-state index contributed by atoms with van der Waals surface area (Å²) in [6.07, 6.45) is 0. The maximum Gasteiger partial charge on any atom is 0.173 e. The Bertz CT molecular complexity index is 352. The highest BCUT2D eigenvalue weighted by atomic mass is 19.1. The van der Waals surface area contributed by atoms with Crippen LogP contribution in [0.1, 0.15) is 18.5 Å². The normalized spacial score (nSPS) is 12.6. The van der Waals surface area contributed by atoms with E-state index in [4.69, 9.17) is 5.73 Å². The lowest BCUT2D eigenvalue weighted by molar-refractivity contribution is 0.356. The van der Waals surface area contributed by atoms with Gasteiger partial charge in [-0.3, -0.25) is 0 Å². The van der Waals surface area contributed by atoms with Crippen molar-refractivity contribution in [2.45, 2.75) is 13.0 Å². The SMILES string of the molecule is COc1cc(O)c(O)c(C(C)N)c1F. The highest BCUT2D eigenvalue weighted by molar-refractivity contribution is 5.52. The minimum absolute atomic E-state index is 0.146. The third-order valence-electron chi connectivity index (χ3n) is 1.89. The molecule has 1 aromatic carbocycles. The lowest BCUT2D eigenvalue weighted by Gasteiger charge is -2.13. The summed E-state index contributed by atoms with van der Waals surface area (Å²) >= 11 is 0. The van der Waals surface area contributed by atoms with Gasteiger partial charge in [0.25, 0.3) is 0 Å². The van der Waals surface area contributed by atoms with Crippen LogP contribution >= 0.6 is 0 Å². The third-order valence-corrected chi connectivity index (χ3v) is 1.89. The molecule has 1 rings (SSSR count). The summed E-state index contributed by atoms with van der Waals surface area (Å²) in [6, 6.07) is 0.271. The van der Waals surface area contributed by atoms with Crippen molar-refractivity contribution in [3.05, 3.63) is 17.4 Å². The van der Waals surface area contributed by atoms with E-state index in [1.807, 2.05) is 0 Å². The van der Waals surface area contributed by atoms with E-state index in [9.17, 15) is 14.6 Å². The molecule has 0 amide bonds. The van der Waals surface area contributed by atoms with E-state index in [1.54, 1.807) is 0 Å². The molecule has 0 heterocycles. The molecule has 1 aromatic rings. The van der Waals surface area contributed by atoms with Gasteiger partial charge in [-0.25, -0.2) is 4.39 Å². The predicted molar refractivity (Wildman–Crippen MR) is 48.9 cm³/mol. The summed E-state index contributed by atoms with van der Waals surface area (Å²) in [6.45, 7) is 1.50. The van der Waals surface area contributed by atoms with Crippen LogP contribution in [0.2, 0.25) is 0 Å². The highest BCUT2D eigenvalue weighted by Gasteiger charge is 2.20. The lowest BCUT2D eigenvalue weighted by Crippen LogP contribution is -2.08. The maximum atomic E-state index is 13.5. The van der Waals surface area contributed by atoms with Crippen LogP contribution in [-0.2, 0) is 0 Å². The van der Waals surface area contributed by atoms with Crippen LogP contribution in [0.15, 0.2) is 6.07 Å². The van der Waals surface area contributed by atoms with E-state index in [-0.39, 0.29) is 11.3 Å². The van der Waals surface area contributed by atoms with Gasteiger partial charge >= 0.3 is 0 Å². The van der Waals surface area contributed by atoms with Crippen molar-refractivity contribution in [3.63, 3.8) is 0 Å². The Morgan fingerprint density at radius 2 is 2.07 bits per heavy atom. The third kappa shape index (κ3) is 1.58. The quantitative estimate of drug-likeness (QED) is 0.630. The van der Waals surface area contributed by atoms with Gasteiger partial charge < -0.3 is 20.7 Å². The summed E-state index contributed by atoms with van der Waals surface area (Å²) in [5, 5.41) is 18.6. The number of aromatic hydroxyl groups is 2. The van der Waals surface area contributed by atoms with Crippen molar-refractivity contribution < 1.29 is 19.3 Å². The Morgan fingerprint density at radius 3 is 2.50 bits per heavy atom. The molecule has 0 aromatic heterocycles. The summed E-state index contributed by atoms with van der Waals surface area (Å²) in [7, 11) is 1.26. The first kappa shape index (κ1) is 10.6. The number of nitrogens with two attached hydrogens (primary N) is 1. The highest BCUT2D eigenvalue weighted by Crippen LogP contribution is 2.39. The van der Waals surface area contributed by atoms with Crippen LogP contribution in [0.3, 0.4) is 0 Å². The van der Waals surface area contributed by atoms with Crippen LogP contribution in [0, 0.1) is 5.82 Å². The molecule has 1 unspecified atom stereocenters. The first-order valence-corrected chi connectivity index (χ1v) is 4.03. The summed E-state index contributed by atoms with van der Waals surface area (Å²) in [5.41, 5.74) is 5.29. The van der Waals surface area contributed by atoms with Gasteiger partial charge in [0.2, 0.25) is 0 Å². The second kappa shape index (κ2) is 3.71. The molecule has 0 aliphatic carbocycles. The van der Waals surface area contributed by atoms with Crippen molar-refractivity contribution in [2.75, 3.05) is 7.11 Å². The Hall–Kier alpha value is -1.49. The minimum atomic E-state index is -0.752. The van der Waals surface area contributed by atoms with Gasteiger partial charge in [0.15, 0.2) is 23.1 Å². The largest absolute Gasteiger partial charge is 0.504 e. The van der Waals surface area contributed by atoms with Crippen molar-refractivity contribution in [1.29, 1.82) is 0 Å². The molecular weight excluding hydrogens is 189 g/mol. The molecule has 0 aliphatic heterocycles. The standard InChI is InChI=1S/C9H12FNO3/c1-4(11)7-8(10)6(14-2)3-5(12)9(7)13/h3-4,12-13H,11H2,1-2H3. The van der Waals surface area contributed by atoms with Crippen molar-refractivity contribution in [3.8, 4) is 17.2 Å². The topological polar surface area (TPSA) is 75.7 Å². The second-order valence-electron chi connectivity index (χ2n) is 2.96. The molecule has 4 N–H and O–H groups in total. The zero-order valence-corrected chi connectivity index (χ0v) is 7.91. The number of hydrogen-bond donors (Lipinski definition) is 3. The summed E-state index contributed by atoms with van der Waals surface area (Å²) < 4.78 is 18.2. The van der Waals surface area contributed by atoms with Gasteiger partial charge in [-0.1, -0.05) is 0 Å². The number of hydrogen-bond acceptors (Lipinski definition) is 4. The van der Waals surface area contributed by atoms with Gasteiger partial charge in [-0.2, -0.15) is 0 Å². The molecule has 0 spiro atoms. The number of methoxy groups -OCH3 is 1. The molecule has 0 saturated carbocycles. The summed E-state index contributed by atoms with van der Waals surface area (Å²) in [5.74, 6) is -1.89. The van der Waals surface area contributed by atoms with Crippen molar-refractivity contribution in [1.82, 2.24) is 0 Å². The molecule has 0 radical (unpaired) electrons. The Kier molecular flexibility index (Phi) is 2.81. The second-order valence-corrected chi connectivity index (χ2v) is 2.96. The van der Waals surface area contributed by atoms with Crippen LogP contribution in [0.25, 0.3) is 0 Å². The first-order valence-electron chi connectivity index (χ1n) is 4.03. The van der Waals surface area contributed by atoms with Gasteiger partial charge in [0, 0.05) is 12.1 Å². The van der Waals surface area contributed by atoms with Crippen LogP contribution < -0.4 is 10.5 Å². The van der Waals surface area contributed by atoms with Gasteiger partial charge in [0.1, 0.15) is 0 Å². The number of benzene rings is 1. The molecule has 0 aliphatic rings. The number of halogens is 1. The molecule has 14 heavy (non-hydrogen) atoms. The number of rotatable bonds is 2. The van der Waals surface area contributed by atoms with Gasteiger partial charge in [-0.05, 0) is 6.92 Å². The lowest BCUT2D eigenvalue weighted by atomic mass is 10.1. The maximum absolute atomic E-state index is 13.5. The van der Waals surface area contributed by atoms with Crippen LogP contribution in [0.5, 0.6) is 17.2 Å². The van der Waals surface area contributed by atoms with E-state index in [2.05, 4.69) is 4.74 Å². The zero-order valence-electron chi connectivity index (χ0n) is 7.91. The van der Waals surface area contributed by atoms with Crippen molar-refractivity contribution in [2.24, 2.45) is 5.73 Å². The average Bonchev–Trinajstić information content (AvgIpc) is 2.11. The first-order chi connectivity index (χ1) is 6.49. The fourth-order valence-corrected chi connectivity index (χ4v) is 1.19. The van der Waals surface area contributed by atoms with Gasteiger partial charge in [0.05, 0.1) is 12.7 Å². The Morgan fingerprint density at radius 1 is 1.50 bits per heavy atom. The average molecular weight is 201 g/mol. The number of phenols is 2. The van der Waals surface area contributed by atoms with Gasteiger partial charge in [-0.15, -0.1) is 0 Å². The van der Waals surface area contributed by atoms with Crippen LogP contribution in [-0.4, -0.2) is 17.3 Å². The predicted octanol–water partition coefficient (Wildman–Crippen LogP) is 1.27. The molecule has 78 valence electrons. The monoisotopic (exact) mass is 201 g/mol. The van der Waals surface area contributed by atoms with E-state index in [1.165, 1.54) is 14.0 Å². The van der Waals surface area contributed by atoms with E-state index in [0.29, 0.717) is 0 Å². The zero-order chi connectivity index (χ0) is 10.9. The fraction of sp³-hybridized carbons (Fsp3) is 0.333. The van der Waals surface area contributed by atoms with Crippen molar-refractivity contribution >= 4 is 0 Å². The molecule has 0 fully saturated rings. The smallest absolute Gasteiger partial charge is 0.173 e. The van der Waals surface area contributed by atoms with E-state index >= 15 is 0 Å². The minimum Gasteiger partial charge on any atom is -0.504 e. The fourth-order valence-electron chi connectivity index (χ4n) is 1.19. The number of phenolic OH excluding ortho intramolecular Hbond substituents is 2. The molecule has 0 bridgehead atoms. The Labute approximate surface area is 80.7 Å².